The quantitative estimate of drug-likeness (QED) is 0.204. The molecule has 1 saturated heterocycles. The Kier molecular flexibility index (Phi) is 10.6. The minimum Gasteiger partial charge on any atom is -0.494 e. The average molecular weight is 619 g/mol. The van der Waals surface area contributed by atoms with Gasteiger partial charge < -0.3 is 24.6 Å². The van der Waals surface area contributed by atoms with Crippen LogP contribution in [0, 0.1) is 11.7 Å². The van der Waals surface area contributed by atoms with Gasteiger partial charge in [0.05, 0.1) is 19.1 Å². The third kappa shape index (κ3) is 7.41. The molecule has 5 rings (SSSR count). The number of carbonyl (C=O) groups excluding carboxylic acids is 1. The molecule has 0 radical (unpaired) electrons. The summed E-state index contributed by atoms with van der Waals surface area (Å²) in [5.41, 5.74) is 3.69. The van der Waals surface area contributed by atoms with Crippen molar-refractivity contribution in [2.45, 2.75) is 64.8 Å². The number of carboxylic acid groups (broad SMARTS) is 1. The summed E-state index contributed by atoms with van der Waals surface area (Å²) in [5, 5.41) is 13.7. The van der Waals surface area contributed by atoms with E-state index in [1.165, 1.54) is 12.1 Å². The van der Waals surface area contributed by atoms with E-state index < -0.39 is 23.8 Å². The van der Waals surface area contributed by atoms with Crippen LogP contribution in [-0.2, 0) is 22.4 Å². The molecule has 9 heteroatoms. The maximum Gasteiger partial charge on any atom is 0.309 e. The van der Waals surface area contributed by atoms with Crippen LogP contribution in [0.4, 0.5) is 10.1 Å². The number of rotatable bonds is 13. The lowest BCUT2D eigenvalue weighted by Gasteiger charge is -2.27. The van der Waals surface area contributed by atoms with Gasteiger partial charge in [0.15, 0.2) is 11.5 Å². The Labute approximate surface area is 264 Å². The fraction of sp³-hybridized carbons (Fsp3) is 0.444. The van der Waals surface area contributed by atoms with Crippen molar-refractivity contribution < 1.29 is 33.3 Å². The standard InChI is InChI=1S/C36H43FN2O6/c1-4-7-8-15-43-28-12-9-25(10-13-28)35-33(36(41)42)29(26-11-14-30-31(20-26)45-17-16-44-30)21-39(35)22-32(40)38-34-23(5-2)18-27(37)19-24(34)6-3/h9-14,18-20,29,33,35H,4-8,15-17,21-22H2,1-3H3,(H,38,40)(H,41,42)/t29-,33-,35+/m1/s1. The van der Waals surface area contributed by atoms with Gasteiger partial charge in [0.2, 0.25) is 5.91 Å². The van der Waals surface area contributed by atoms with Gasteiger partial charge in [-0.25, -0.2) is 4.39 Å². The first kappa shape index (κ1) is 32.3. The maximum atomic E-state index is 14.2. The largest absolute Gasteiger partial charge is 0.494 e. The van der Waals surface area contributed by atoms with Gasteiger partial charge in [-0.15, -0.1) is 0 Å². The normalized spacial score (nSPS) is 19.3. The molecule has 1 amide bonds. The molecule has 1 fully saturated rings. The van der Waals surface area contributed by atoms with Crippen LogP contribution in [0.25, 0.3) is 0 Å². The van der Waals surface area contributed by atoms with E-state index in [0.717, 1.165) is 47.3 Å². The lowest BCUT2D eigenvalue weighted by Crippen LogP contribution is -2.35. The fourth-order valence-electron chi connectivity index (χ4n) is 6.53. The first-order valence-electron chi connectivity index (χ1n) is 16.0. The fourth-order valence-corrected chi connectivity index (χ4v) is 6.53. The first-order chi connectivity index (χ1) is 21.8. The highest BCUT2D eigenvalue weighted by Gasteiger charge is 2.48. The number of nitrogens with one attached hydrogen (secondary N) is 1. The molecule has 2 aliphatic heterocycles. The zero-order valence-corrected chi connectivity index (χ0v) is 26.3. The number of unbranched alkanes of at least 4 members (excludes halogenated alkanes) is 2. The van der Waals surface area contributed by atoms with Crippen LogP contribution >= 0.6 is 0 Å². The van der Waals surface area contributed by atoms with Crippen LogP contribution in [0.2, 0.25) is 0 Å². The van der Waals surface area contributed by atoms with Crippen LogP contribution in [0.3, 0.4) is 0 Å². The van der Waals surface area contributed by atoms with Crippen LogP contribution in [0.15, 0.2) is 54.6 Å². The molecule has 0 bridgehead atoms. The summed E-state index contributed by atoms with van der Waals surface area (Å²) in [7, 11) is 0. The van der Waals surface area contributed by atoms with E-state index >= 15 is 0 Å². The predicted molar refractivity (Wildman–Crippen MR) is 171 cm³/mol. The topological polar surface area (TPSA) is 97.3 Å². The van der Waals surface area contributed by atoms with E-state index in [4.69, 9.17) is 14.2 Å². The molecule has 3 aromatic carbocycles. The highest BCUT2D eigenvalue weighted by molar-refractivity contribution is 5.94. The minimum absolute atomic E-state index is 0.0333. The number of carbonyl (C=O) groups is 2. The molecule has 0 spiro atoms. The number of anilines is 1. The molecular weight excluding hydrogens is 575 g/mol. The summed E-state index contributed by atoms with van der Waals surface area (Å²) in [4.78, 5) is 28.6. The molecule has 2 N–H and O–H groups in total. The van der Waals surface area contributed by atoms with E-state index in [9.17, 15) is 19.1 Å². The lowest BCUT2D eigenvalue weighted by atomic mass is 9.82. The Hall–Kier alpha value is -4.11. The number of fused-ring (bicyclic) bond motifs is 1. The second-order valence-electron chi connectivity index (χ2n) is 11.7. The number of likely N-dealkylation sites (tertiary alicyclic amines) is 1. The van der Waals surface area contributed by atoms with Gasteiger partial charge in [-0.05, 0) is 77.9 Å². The van der Waals surface area contributed by atoms with Crippen molar-refractivity contribution in [3.8, 4) is 17.2 Å². The zero-order chi connectivity index (χ0) is 31.9. The number of ether oxygens (including phenoxy) is 3. The number of aryl methyl sites for hydroxylation is 2. The van der Waals surface area contributed by atoms with Gasteiger partial charge in [0.1, 0.15) is 24.8 Å². The average Bonchev–Trinajstić information content (AvgIpc) is 3.42. The van der Waals surface area contributed by atoms with Crippen LogP contribution in [0.1, 0.15) is 74.2 Å². The van der Waals surface area contributed by atoms with Crippen LogP contribution in [-0.4, -0.2) is 54.8 Å². The Morgan fingerprint density at radius 3 is 2.24 bits per heavy atom. The third-order valence-corrected chi connectivity index (χ3v) is 8.76. The van der Waals surface area contributed by atoms with Crippen molar-refractivity contribution in [2.24, 2.45) is 5.92 Å². The Morgan fingerprint density at radius 2 is 1.60 bits per heavy atom. The first-order valence-corrected chi connectivity index (χ1v) is 16.0. The number of carboxylic acids is 1. The van der Waals surface area contributed by atoms with Crippen molar-refractivity contribution in [1.29, 1.82) is 0 Å². The summed E-state index contributed by atoms with van der Waals surface area (Å²) in [6.07, 6.45) is 4.29. The lowest BCUT2D eigenvalue weighted by molar-refractivity contribution is -0.143. The Balaban J connectivity index is 1.45. The minimum atomic E-state index is -0.942. The van der Waals surface area contributed by atoms with E-state index in [2.05, 4.69) is 12.2 Å². The molecule has 240 valence electrons. The third-order valence-electron chi connectivity index (χ3n) is 8.76. The summed E-state index contributed by atoms with van der Waals surface area (Å²) >= 11 is 0. The maximum absolute atomic E-state index is 14.2. The van der Waals surface area contributed by atoms with E-state index in [0.29, 0.717) is 56.4 Å². The van der Waals surface area contributed by atoms with Crippen molar-refractivity contribution >= 4 is 17.6 Å². The number of benzene rings is 3. The molecule has 8 nitrogen and oxygen atoms in total. The van der Waals surface area contributed by atoms with Crippen molar-refractivity contribution in [3.05, 3.63) is 82.7 Å². The van der Waals surface area contributed by atoms with Gasteiger partial charge in [-0.2, -0.15) is 0 Å². The smallest absolute Gasteiger partial charge is 0.309 e. The zero-order valence-electron chi connectivity index (χ0n) is 26.3. The molecule has 0 unspecified atom stereocenters. The van der Waals surface area contributed by atoms with E-state index in [1.54, 1.807) is 0 Å². The van der Waals surface area contributed by atoms with Gasteiger partial charge in [0, 0.05) is 24.2 Å². The number of nitrogens with zero attached hydrogens (tertiary/aromatic N) is 1. The van der Waals surface area contributed by atoms with Crippen molar-refractivity contribution in [3.63, 3.8) is 0 Å². The number of amides is 1. The summed E-state index contributed by atoms with van der Waals surface area (Å²) in [5.74, 6) is -0.843. The molecule has 2 heterocycles. The number of hydrogen-bond donors (Lipinski definition) is 2. The van der Waals surface area contributed by atoms with Crippen molar-refractivity contribution in [2.75, 3.05) is 38.2 Å². The molecule has 0 aliphatic carbocycles. The molecular formula is C36H43FN2O6. The van der Waals surface area contributed by atoms with Crippen LogP contribution < -0.4 is 19.5 Å². The number of hydrogen-bond acceptors (Lipinski definition) is 6. The molecule has 0 aromatic heterocycles. The highest BCUT2D eigenvalue weighted by Crippen LogP contribution is 2.47. The molecule has 2 aliphatic rings. The van der Waals surface area contributed by atoms with Crippen molar-refractivity contribution in [1.82, 2.24) is 4.90 Å². The van der Waals surface area contributed by atoms with Gasteiger partial charge in [0.25, 0.3) is 0 Å². The molecule has 45 heavy (non-hydrogen) atoms. The summed E-state index contributed by atoms with van der Waals surface area (Å²) in [6.45, 7) is 7.81. The second-order valence-corrected chi connectivity index (χ2v) is 11.7. The molecule has 0 saturated carbocycles. The number of aliphatic carboxylic acids is 1. The SMILES string of the molecule is CCCCCOc1ccc([C@H]2[C@H](C(=O)O)[C@@H](c3ccc4c(c3)OCCO4)CN2CC(=O)Nc2c(CC)cc(F)cc2CC)cc1. The monoisotopic (exact) mass is 618 g/mol. The Bertz CT molecular complexity index is 1470. The predicted octanol–water partition coefficient (Wildman–Crippen LogP) is 6.77. The van der Waals surface area contributed by atoms with E-state index in [1.807, 2.05) is 61.2 Å². The van der Waals surface area contributed by atoms with Gasteiger partial charge in [-0.1, -0.05) is 51.8 Å². The van der Waals surface area contributed by atoms with Gasteiger partial charge >= 0.3 is 5.97 Å². The van der Waals surface area contributed by atoms with E-state index in [-0.39, 0.29) is 18.3 Å². The molecule has 3 atom stereocenters. The van der Waals surface area contributed by atoms with Gasteiger partial charge in [-0.3, -0.25) is 14.5 Å². The summed E-state index contributed by atoms with van der Waals surface area (Å²) < 4.78 is 31.7. The highest BCUT2D eigenvalue weighted by atomic mass is 19.1. The Morgan fingerprint density at radius 1 is 0.933 bits per heavy atom. The second kappa shape index (κ2) is 14.8. The number of halogens is 1. The molecule has 3 aromatic rings. The van der Waals surface area contributed by atoms with Crippen LogP contribution in [0.5, 0.6) is 17.2 Å². The summed E-state index contributed by atoms with van der Waals surface area (Å²) in [6, 6.07) is 15.5.